The number of hydrogen-bond acceptors (Lipinski definition) is 3. The fourth-order valence-electron chi connectivity index (χ4n) is 2.29. The molecule has 114 valence electrons. The monoisotopic (exact) mass is 311 g/mol. The maximum atomic E-state index is 12.0. The van der Waals surface area contributed by atoms with Crippen LogP contribution in [0.5, 0.6) is 5.75 Å². The maximum Gasteiger partial charge on any atom is 0.311 e. The molecule has 5 nitrogen and oxygen atoms in total. The van der Waals surface area contributed by atoms with Gasteiger partial charge in [0.1, 0.15) is 5.75 Å². The molecule has 1 saturated heterocycles. The highest BCUT2D eigenvalue weighted by Gasteiger charge is 2.41. The zero-order valence-electron chi connectivity index (χ0n) is 11.8. The average Bonchev–Trinajstić information content (AvgIpc) is 2.85. The molecule has 0 aliphatic carbocycles. The van der Waals surface area contributed by atoms with E-state index in [1.54, 1.807) is 36.1 Å². The molecule has 1 heterocycles. The second kappa shape index (κ2) is 6.35. The summed E-state index contributed by atoms with van der Waals surface area (Å²) in [6.45, 7) is 2.69. The van der Waals surface area contributed by atoms with Gasteiger partial charge in [-0.1, -0.05) is 11.6 Å². The lowest BCUT2D eigenvalue weighted by atomic mass is 9.90. The lowest BCUT2D eigenvalue weighted by Gasteiger charge is -2.20. The van der Waals surface area contributed by atoms with E-state index in [4.69, 9.17) is 21.4 Å². The van der Waals surface area contributed by atoms with Crippen molar-refractivity contribution < 1.29 is 19.4 Å². The molecule has 0 bridgehead atoms. The van der Waals surface area contributed by atoms with Crippen molar-refractivity contribution in [2.24, 2.45) is 5.41 Å². The Morgan fingerprint density at radius 3 is 2.62 bits per heavy atom. The molecule has 0 aromatic heterocycles. The number of carbonyl (C=O) groups is 2. The van der Waals surface area contributed by atoms with Gasteiger partial charge in [-0.05, 0) is 37.6 Å². The van der Waals surface area contributed by atoms with Crippen molar-refractivity contribution in [3.05, 3.63) is 29.3 Å². The van der Waals surface area contributed by atoms with E-state index in [0.717, 1.165) is 0 Å². The first-order chi connectivity index (χ1) is 9.90. The van der Waals surface area contributed by atoms with Crippen molar-refractivity contribution in [3.63, 3.8) is 0 Å². The van der Waals surface area contributed by atoms with E-state index in [2.05, 4.69) is 0 Å². The molecule has 0 saturated carbocycles. The van der Waals surface area contributed by atoms with Crippen LogP contribution in [0.3, 0.4) is 0 Å². The molecule has 1 aliphatic rings. The number of carboxylic acid groups (broad SMARTS) is 1. The lowest BCUT2D eigenvalue weighted by Crippen LogP contribution is -2.35. The number of carbonyl (C=O) groups excluding carboxylic acids is 1. The molecule has 1 aromatic rings. The predicted octanol–water partition coefficient (Wildman–Crippen LogP) is 2.43. The Hall–Kier alpha value is -1.75. The summed E-state index contributed by atoms with van der Waals surface area (Å²) in [6.07, 6.45) is 0.727. The van der Waals surface area contributed by atoms with Gasteiger partial charge >= 0.3 is 5.97 Å². The molecular formula is C15H18ClNO4. The minimum atomic E-state index is -0.852. The van der Waals surface area contributed by atoms with Crippen molar-refractivity contribution in [1.82, 2.24) is 4.90 Å². The number of amides is 1. The molecule has 1 fully saturated rings. The van der Waals surface area contributed by atoms with Gasteiger partial charge in [0, 0.05) is 18.1 Å². The largest absolute Gasteiger partial charge is 0.493 e. The van der Waals surface area contributed by atoms with Crippen molar-refractivity contribution in [3.8, 4) is 5.75 Å². The third-order valence-electron chi connectivity index (χ3n) is 3.74. The molecule has 1 N–H and O–H groups in total. The Balaban J connectivity index is 1.78. The average molecular weight is 312 g/mol. The minimum Gasteiger partial charge on any atom is -0.493 e. The summed E-state index contributed by atoms with van der Waals surface area (Å²) in [4.78, 5) is 24.8. The zero-order valence-corrected chi connectivity index (χ0v) is 12.6. The second-order valence-corrected chi connectivity index (χ2v) is 5.92. The van der Waals surface area contributed by atoms with E-state index >= 15 is 0 Å². The summed E-state index contributed by atoms with van der Waals surface area (Å²) in [5, 5.41) is 9.77. The summed E-state index contributed by atoms with van der Waals surface area (Å²) in [6, 6.07) is 6.92. The number of halogens is 1. The Morgan fingerprint density at radius 2 is 2.05 bits per heavy atom. The second-order valence-electron chi connectivity index (χ2n) is 5.48. The number of likely N-dealkylation sites (tertiary alicyclic amines) is 1. The predicted molar refractivity (Wildman–Crippen MR) is 78.5 cm³/mol. The first-order valence-corrected chi connectivity index (χ1v) is 7.18. The first kappa shape index (κ1) is 15.6. The molecule has 1 aliphatic heterocycles. The van der Waals surface area contributed by atoms with Gasteiger partial charge in [0.05, 0.1) is 18.4 Å². The summed E-state index contributed by atoms with van der Waals surface area (Å²) in [5.74, 6) is -0.270. The number of carboxylic acids is 1. The highest BCUT2D eigenvalue weighted by Crippen LogP contribution is 2.30. The molecular weight excluding hydrogens is 294 g/mol. The topological polar surface area (TPSA) is 66.8 Å². The van der Waals surface area contributed by atoms with Crippen LogP contribution in [0.2, 0.25) is 5.02 Å². The van der Waals surface area contributed by atoms with Gasteiger partial charge in [0.15, 0.2) is 0 Å². The van der Waals surface area contributed by atoms with E-state index in [9.17, 15) is 9.59 Å². The molecule has 21 heavy (non-hydrogen) atoms. The number of nitrogens with zero attached hydrogens (tertiary/aromatic N) is 1. The molecule has 1 atom stereocenters. The van der Waals surface area contributed by atoms with E-state index < -0.39 is 11.4 Å². The van der Waals surface area contributed by atoms with Gasteiger partial charge in [-0.3, -0.25) is 9.59 Å². The molecule has 1 amide bonds. The number of ether oxygens (including phenoxy) is 1. The summed E-state index contributed by atoms with van der Waals surface area (Å²) < 4.78 is 5.47. The number of aliphatic carboxylic acids is 1. The van der Waals surface area contributed by atoms with Gasteiger partial charge in [0.25, 0.3) is 0 Å². The van der Waals surface area contributed by atoms with Crippen LogP contribution in [0.4, 0.5) is 0 Å². The van der Waals surface area contributed by atoms with Crippen LogP contribution < -0.4 is 4.74 Å². The van der Waals surface area contributed by atoms with Gasteiger partial charge in [-0.2, -0.15) is 0 Å². The Bertz CT molecular complexity index is 531. The minimum absolute atomic E-state index is 0.0751. The highest BCUT2D eigenvalue weighted by molar-refractivity contribution is 6.30. The van der Waals surface area contributed by atoms with Crippen molar-refractivity contribution in [2.45, 2.75) is 19.8 Å². The Kier molecular flexibility index (Phi) is 4.73. The van der Waals surface area contributed by atoms with E-state index in [1.807, 2.05) is 0 Å². The summed E-state index contributed by atoms with van der Waals surface area (Å²) in [7, 11) is 0. The quantitative estimate of drug-likeness (QED) is 0.907. The molecule has 0 radical (unpaired) electrons. The van der Waals surface area contributed by atoms with Crippen molar-refractivity contribution in [1.29, 1.82) is 0 Å². The molecule has 2 rings (SSSR count). The van der Waals surface area contributed by atoms with E-state index in [-0.39, 0.29) is 25.5 Å². The van der Waals surface area contributed by atoms with Crippen LogP contribution in [0.15, 0.2) is 24.3 Å². The van der Waals surface area contributed by atoms with Crippen LogP contribution in [0, 0.1) is 5.41 Å². The maximum absolute atomic E-state index is 12.0. The molecule has 0 spiro atoms. The standard InChI is InChI=1S/C15H18ClNO4/c1-15(14(19)20)7-8-17(10-15)13(18)6-9-21-12-4-2-11(16)3-5-12/h2-5H,6-10H2,1H3,(H,19,20)/t15-/m0/s1. The van der Waals surface area contributed by atoms with E-state index in [1.165, 1.54) is 0 Å². The molecule has 0 unspecified atom stereocenters. The lowest BCUT2D eigenvalue weighted by molar-refractivity contribution is -0.147. The highest BCUT2D eigenvalue weighted by atomic mass is 35.5. The molecule has 6 heteroatoms. The van der Waals surface area contributed by atoms with Crippen LogP contribution in [-0.4, -0.2) is 41.6 Å². The number of hydrogen-bond donors (Lipinski definition) is 1. The van der Waals surface area contributed by atoms with Crippen LogP contribution >= 0.6 is 11.6 Å². The van der Waals surface area contributed by atoms with E-state index in [0.29, 0.717) is 23.7 Å². The van der Waals surface area contributed by atoms with Crippen molar-refractivity contribution in [2.75, 3.05) is 19.7 Å². The van der Waals surface area contributed by atoms with Crippen LogP contribution in [0.1, 0.15) is 19.8 Å². The third kappa shape index (κ3) is 3.88. The zero-order chi connectivity index (χ0) is 15.5. The van der Waals surface area contributed by atoms with Gasteiger partial charge in [-0.25, -0.2) is 0 Å². The fourth-order valence-corrected chi connectivity index (χ4v) is 2.42. The number of benzene rings is 1. The number of rotatable bonds is 5. The third-order valence-corrected chi connectivity index (χ3v) is 3.99. The van der Waals surface area contributed by atoms with Crippen LogP contribution in [0.25, 0.3) is 0 Å². The van der Waals surface area contributed by atoms with Gasteiger partial charge in [0.2, 0.25) is 5.91 Å². The van der Waals surface area contributed by atoms with Crippen molar-refractivity contribution >= 4 is 23.5 Å². The Labute approximate surface area is 128 Å². The Morgan fingerprint density at radius 1 is 1.38 bits per heavy atom. The summed E-state index contributed by atoms with van der Waals surface area (Å²) >= 11 is 5.77. The summed E-state index contributed by atoms with van der Waals surface area (Å²) in [5.41, 5.74) is -0.827. The fraction of sp³-hybridized carbons (Fsp3) is 0.467. The van der Waals surface area contributed by atoms with Gasteiger partial charge < -0.3 is 14.7 Å². The smallest absolute Gasteiger partial charge is 0.311 e. The molecule has 1 aromatic carbocycles. The van der Waals surface area contributed by atoms with Crippen LogP contribution in [-0.2, 0) is 9.59 Å². The van der Waals surface area contributed by atoms with Gasteiger partial charge in [-0.15, -0.1) is 0 Å². The first-order valence-electron chi connectivity index (χ1n) is 6.80. The SMILES string of the molecule is C[C@]1(C(=O)O)CCN(C(=O)CCOc2ccc(Cl)cc2)C1. The normalized spacial score (nSPS) is 21.3.